The Morgan fingerprint density at radius 1 is 0.938 bits per heavy atom. The molecule has 0 aromatic heterocycles. The van der Waals surface area contributed by atoms with Crippen molar-refractivity contribution in [1.29, 1.82) is 0 Å². The van der Waals surface area contributed by atoms with Crippen LogP contribution in [0.5, 0.6) is 11.5 Å². The van der Waals surface area contributed by atoms with Crippen LogP contribution >= 0.6 is 0 Å². The van der Waals surface area contributed by atoms with E-state index in [9.17, 15) is 4.79 Å². The molecule has 4 nitrogen and oxygen atoms in total. The fourth-order valence-electron chi connectivity index (χ4n) is 3.91. The van der Waals surface area contributed by atoms with Crippen LogP contribution in [0.3, 0.4) is 0 Å². The number of ether oxygens (including phenoxy) is 2. The zero-order valence-electron chi connectivity index (χ0n) is 17.9. The molecule has 0 atom stereocenters. The highest BCUT2D eigenvalue weighted by molar-refractivity contribution is 5.96. The molecule has 0 saturated carbocycles. The third-order valence-corrected chi connectivity index (χ3v) is 5.62. The van der Waals surface area contributed by atoms with E-state index in [1.165, 1.54) is 6.92 Å². The first-order valence-corrected chi connectivity index (χ1v) is 10.7. The topological polar surface area (TPSA) is 38.8 Å². The summed E-state index contributed by atoms with van der Waals surface area (Å²) < 4.78 is 42.1. The van der Waals surface area contributed by atoms with Gasteiger partial charge in [-0.3, -0.25) is 4.90 Å². The van der Waals surface area contributed by atoms with E-state index in [-0.39, 0.29) is 41.3 Å². The highest BCUT2D eigenvalue weighted by Crippen LogP contribution is 2.35. The first kappa shape index (κ1) is 22.0. The SMILES string of the molecule is Cc1c(F)c(CN2CCCC2)c(F)c(OCc2ccccc2)c1C(=O)Oc1ccccc1. The standard InChI is InChI=1S/C26H25F2NO3/c1-18-22(26(30)32-20-12-6-3-7-13-20)25(31-17-19-10-4-2-5-11-19)24(28)21(23(18)27)16-29-14-8-9-15-29/h2-7,10-13H,8-9,14-17H2,1H3. The molecule has 0 spiro atoms. The zero-order valence-corrected chi connectivity index (χ0v) is 17.9. The number of hydrogen-bond donors (Lipinski definition) is 0. The molecule has 0 unspecified atom stereocenters. The second-order valence-corrected chi connectivity index (χ2v) is 7.90. The van der Waals surface area contributed by atoms with Crippen molar-refractivity contribution in [2.75, 3.05) is 13.1 Å². The minimum absolute atomic E-state index is 0.0181. The molecular formula is C26H25F2NO3. The Kier molecular flexibility index (Phi) is 6.81. The first-order valence-electron chi connectivity index (χ1n) is 10.7. The minimum Gasteiger partial charge on any atom is -0.485 e. The average molecular weight is 437 g/mol. The van der Waals surface area contributed by atoms with E-state index in [0.717, 1.165) is 31.5 Å². The lowest BCUT2D eigenvalue weighted by Gasteiger charge is -2.21. The van der Waals surface area contributed by atoms with Gasteiger partial charge in [-0.25, -0.2) is 13.6 Å². The van der Waals surface area contributed by atoms with Crippen molar-refractivity contribution in [1.82, 2.24) is 4.90 Å². The Balaban J connectivity index is 1.72. The van der Waals surface area contributed by atoms with Crippen LogP contribution in [-0.2, 0) is 13.2 Å². The molecule has 32 heavy (non-hydrogen) atoms. The second-order valence-electron chi connectivity index (χ2n) is 7.90. The molecule has 1 aliphatic rings. The summed E-state index contributed by atoms with van der Waals surface area (Å²) in [5, 5.41) is 0. The summed E-state index contributed by atoms with van der Waals surface area (Å²) in [4.78, 5) is 15.0. The molecule has 1 heterocycles. The summed E-state index contributed by atoms with van der Waals surface area (Å²) in [6.45, 7) is 3.21. The van der Waals surface area contributed by atoms with Crippen LogP contribution < -0.4 is 9.47 Å². The molecule has 0 amide bonds. The van der Waals surface area contributed by atoms with E-state index in [2.05, 4.69) is 0 Å². The van der Waals surface area contributed by atoms with Gasteiger partial charge in [0, 0.05) is 17.7 Å². The van der Waals surface area contributed by atoms with Crippen molar-refractivity contribution in [2.24, 2.45) is 0 Å². The van der Waals surface area contributed by atoms with Crippen LogP contribution in [0.1, 0.15) is 39.9 Å². The van der Waals surface area contributed by atoms with Crippen molar-refractivity contribution < 1.29 is 23.0 Å². The molecule has 1 aliphatic heterocycles. The van der Waals surface area contributed by atoms with Gasteiger partial charge in [0.05, 0.1) is 0 Å². The smallest absolute Gasteiger partial charge is 0.347 e. The molecule has 0 radical (unpaired) electrons. The van der Waals surface area contributed by atoms with Crippen LogP contribution in [0.15, 0.2) is 60.7 Å². The number of esters is 1. The predicted octanol–water partition coefficient (Wildman–Crippen LogP) is 5.67. The number of carbonyl (C=O) groups excluding carboxylic acids is 1. The number of para-hydroxylation sites is 1. The number of nitrogens with zero attached hydrogens (tertiary/aromatic N) is 1. The monoisotopic (exact) mass is 437 g/mol. The fourth-order valence-corrected chi connectivity index (χ4v) is 3.91. The Bertz CT molecular complexity index is 1080. The summed E-state index contributed by atoms with van der Waals surface area (Å²) >= 11 is 0. The van der Waals surface area contributed by atoms with E-state index >= 15 is 8.78 Å². The van der Waals surface area contributed by atoms with E-state index < -0.39 is 17.6 Å². The molecule has 0 aliphatic carbocycles. The Morgan fingerprint density at radius 3 is 2.22 bits per heavy atom. The molecule has 1 saturated heterocycles. The van der Waals surface area contributed by atoms with Crippen LogP contribution in [0.25, 0.3) is 0 Å². The third kappa shape index (κ3) is 4.81. The third-order valence-electron chi connectivity index (χ3n) is 5.62. The summed E-state index contributed by atoms with van der Waals surface area (Å²) in [6, 6.07) is 17.6. The van der Waals surface area contributed by atoms with Crippen molar-refractivity contribution in [3.05, 3.63) is 94.6 Å². The van der Waals surface area contributed by atoms with Crippen molar-refractivity contribution >= 4 is 5.97 Å². The maximum absolute atomic E-state index is 15.6. The highest BCUT2D eigenvalue weighted by Gasteiger charge is 2.30. The lowest BCUT2D eigenvalue weighted by molar-refractivity contribution is 0.0726. The van der Waals surface area contributed by atoms with Crippen molar-refractivity contribution in [3.63, 3.8) is 0 Å². The van der Waals surface area contributed by atoms with Gasteiger partial charge in [-0.2, -0.15) is 0 Å². The van der Waals surface area contributed by atoms with E-state index in [1.54, 1.807) is 30.3 Å². The fraction of sp³-hybridized carbons (Fsp3) is 0.269. The van der Waals surface area contributed by atoms with Gasteiger partial charge in [-0.15, -0.1) is 0 Å². The maximum atomic E-state index is 15.6. The van der Waals surface area contributed by atoms with E-state index in [4.69, 9.17) is 9.47 Å². The van der Waals surface area contributed by atoms with Gasteiger partial charge in [0.2, 0.25) is 0 Å². The Hall–Kier alpha value is -3.25. The number of rotatable bonds is 7. The molecule has 6 heteroatoms. The maximum Gasteiger partial charge on any atom is 0.347 e. The van der Waals surface area contributed by atoms with Gasteiger partial charge < -0.3 is 9.47 Å². The lowest BCUT2D eigenvalue weighted by Crippen LogP contribution is -2.23. The summed E-state index contributed by atoms with van der Waals surface area (Å²) in [6.07, 6.45) is 2.00. The average Bonchev–Trinajstić information content (AvgIpc) is 3.33. The molecule has 0 bridgehead atoms. The van der Waals surface area contributed by atoms with Gasteiger partial charge in [0.25, 0.3) is 0 Å². The molecule has 1 fully saturated rings. The van der Waals surface area contributed by atoms with E-state index in [1.807, 2.05) is 35.2 Å². The van der Waals surface area contributed by atoms with Crippen LogP contribution in [0, 0.1) is 18.6 Å². The molecule has 3 aromatic rings. The quantitative estimate of drug-likeness (QED) is 0.353. The number of carbonyl (C=O) groups is 1. The lowest BCUT2D eigenvalue weighted by atomic mass is 10.0. The van der Waals surface area contributed by atoms with Gasteiger partial charge in [0.15, 0.2) is 11.6 Å². The number of benzene rings is 3. The molecule has 166 valence electrons. The number of hydrogen-bond acceptors (Lipinski definition) is 4. The Labute approximate surface area is 186 Å². The van der Waals surface area contributed by atoms with Crippen LogP contribution in [0.4, 0.5) is 8.78 Å². The molecule has 3 aromatic carbocycles. The first-order chi connectivity index (χ1) is 15.5. The van der Waals surface area contributed by atoms with Crippen LogP contribution in [0.2, 0.25) is 0 Å². The number of halogens is 2. The Morgan fingerprint density at radius 2 is 1.56 bits per heavy atom. The summed E-state index contributed by atoms with van der Waals surface area (Å²) in [5.74, 6) is -2.43. The largest absolute Gasteiger partial charge is 0.485 e. The van der Waals surface area contributed by atoms with Crippen molar-refractivity contribution in [2.45, 2.75) is 32.9 Å². The van der Waals surface area contributed by atoms with Gasteiger partial charge in [-0.05, 0) is 50.6 Å². The summed E-state index contributed by atoms with van der Waals surface area (Å²) in [7, 11) is 0. The minimum atomic E-state index is -0.859. The van der Waals surface area contributed by atoms with Gasteiger partial charge in [-0.1, -0.05) is 48.5 Å². The van der Waals surface area contributed by atoms with Gasteiger partial charge >= 0.3 is 5.97 Å². The highest BCUT2D eigenvalue weighted by atomic mass is 19.1. The molecular weight excluding hydrogens is 412 g/mol. The normalized spacial score (nSPS) is 13.8. The number of likely N-dealkylation sites (tertiary alicyclic amines) is 1. The van der Waals surface area contributed by atoms with Gasteiger partial charge in [0.1, 0.15) is 23.7 Å². The molecule has 4 rings (SSSR count). The zero-order chi connectivity index (χ0) is 22.5. The van der Waals surface area contributed by atoms with Crippen LogP contribution in [-0.4, -0.2) is 24.0 Å². The van der Waals surface area contributed by atoms with E-state index in [0.29, 0.717) is 0 Å². The molecule has 0 N–H and O–H groups in total. The predicted molar refractivity (Wildman–Crippen MR) is 118 cm³/mol. The summed E-state index contributed by atoms with van der Waals surface area (Å²) in [5.41, 5.74) is 0.510. The second kappa shape index (κ2) is 9.92. The van der Waals surface area contributed by atoms with Crippen molar-refractivity contribution in [3.8, 4) is 11.5 Å².